The van der Waals surface area contributed by atoms with E-state index >= 15 is 0 Å². The Balaban J connectivity index is 1.74. The Kier molecular flexibility index (Phi) is 8.00. The molecular weight excluding hydrogens is 422 g/mol. The van der Waals surface area contributed by atoms with Crippen LogP contribution >= 0.6 is 0 Å². The number of ether oxygens (including phenoxy) is 2. The summed E-state index contributed by atoms with van der Waals surface area (Å²) in [7, 11) is 0. The SMILES string of the molecule is CC(C)(C)OC(=O)N[C@@H]1C[C@@H](C(=O)C2(CN)CCCCC2)N(C(=O)OCc2ccccc2)C1. The number of benzene rings is 1. The van der Waals surface area contributed by atoms with Crippen molar-refractivity contribution in [2.24, 2.45) is 11.1 Å². The lowest BCUT2D eigenvalue weighted by Gasteiger charge is -2.38. The normalized spacial score (nSPS) is 22.5. The summed E-state index contributed by atoms with van der Waals surface area (Å²) in [4.78, 5) is 40.6. The first-order valence-corrected chi connectivity index (χ1v) is 11.8. The van der Waals surface area contributed by atoms with Gasteiger partial charge >= 0.3 is 12.2 Å². The molecule has 2 atom stereocenters. The van der Waals surface area contributed by atoms with Crippen molar-refractivity contribution < 1.29 is 23.9 Å². The first-order chi connectivity index (χ1) is 15.6. The summed E-state index contributed by atoms with van der Waals surface area (Å²) in [5.74, 6) is -0.0187. The van der Waals surface area contributed by atoms with Gasteiger partial charge in [0.1, 0.15) is 12.2 Å². The van der Waals surface area contributed by atoms with E-state index in [2.05, 4.69) is 5.32 Å². The summed E-state index contributed by atoms with van der Waals surface area (Å²) < 4.78 is 10.9. The quantitative estimate of drug-likeness (QED) is 0.670. The van der Waals surface area contributed by atoms with E-state index in [1.807, 2.05) is 30.3 Å². The van der Waals surface area contributed by atoms with Gasteiger partial charge in [0.05, 0.1) is 12.1 Å². The Hall–Kier alpha value is -2.61. The highest BCUT2D eigenvalue weighted by Gasteiger charge is 2.49. The Morgan fingerprint density at radius 1 is 1.12 bits per heavy atom. The topological polar surface area (TPSA) is 111 Å². The van der Waals surface area contributed by atoms with Crippen molar-refractivity contribution in [3.63, 3.8) is 0 Å². The van der Waals surface area contributed by atoms with Crippen LogP contribution in [-0.4, -0.2) is 53.6 Å². The van der Waals surface area contributed by atoms with Crippen LogP contribution in [0.3, 0.4) is 0 Å². The van der Waals surface area contributed by atoms with Gasteiger partial charge in [0.15, 0.2) is 5.78 Å². The van der Waals surface area contributed by atoms with Gasteiger partial charge in [-0.25, -0.2) is 9.59 Å². The van der Waals surface area contributed by atoms with Gasteiger partial charge in [-0.1, -0.05) is 49.6 Å². The van der Waals surface area contributed by atoms with Crippen LogP contribution in [0.2, 0.25) is 0 Å². The smallest absolute Gasteiger partial charge is 0.410 e. The summed E-state index contributed by atoms with van der Waals surface area (Å²) in [5, 5.41) is 2.82. The van der Waals surface area contributed by atoms with Gasteiger partial charge in [-0.3, -0.25) is 9.69 Å². The van der Waals surface area contributed by atoms with Crippen molar-refractivity contribution in [3.8, 4) is 0 Å². The van der Waals surface area contributed by atoms with Crippen LogP contribution in [0.25, 0.3) is 0 Å². The molecule has 1 aliphatic heterocycles. The van der Waals surface area contributed by atoms with Gasteiger partial charge in [-0.05, 0) is 45.6 Å². The van der Waals surface area contributed by atoms with Gasteiger partial charge in [-0.2, -0.15) is 0 Å². The van der Waals surface area contributed by atoms with Crippen molar-refractivity contribution in [2.75, 3.05) is 13.1 Å². The highest BCUT2D eigenvalue weighted by Crippen LogP contribution is 2.39. The fraction of sp³-hybridized carbons (Fsp3) is 0.640. The molecule has 0 spiro atoms. The van der Waals surface area contributed by atoms with Gasteiger partial charge in [-0.15, -0.1) is 0 Å². The number of nitrogens with two attached hydrogens (primary N) is 1. The molecule has 8 heteroatoms. The number of hydrogen-bond donors (Lipinski definition) is 2. The Bertz CT molecular complexity index is 830. The summed E-state index contributed by atoms with van der Waals surface area (Å²) in [6.07, 6.45) is 3.65. The van der Waals surface area contributed by atoms with Crippen molar-refractivity contribution in [1.82, 2.24) is 10.2 Å². The van der Waals surface area contributed by atoms with Crippen LogP contribution in [0.15, 0.2) is 30.3 Å². The van der Waals surface area contributed by atoms with Crippen LogP contribution in [0.1, 0.15) is 64.9 Å². The van der Waals surface area contributed by atoms with Crippen molar-refractivity contribution in [2.45, 2.75) is 83.6 Å². The predicted molar refractivity (Wildman–Crippen MR) is 124 cm³/mol. The average molecular weight is 460 g/mol. The molecular formula is C25H37N3O5. The zero-order valence-corrected chi connectivity index (χ0v) is 20.0. The van der Waals surface area contributed by atoms with Gasteiger partial charge in [0.25, 0.3) is 0 Å². The number of ketones is 1. The molecule has 2 amide bonds. The van der Waals surface area contributed by atoms with Crippen molar-refractivity contribution >= 4 is 18.0 Å². The number of amides is 2. The van der Waals surface area contributed by atoms with E-state index in [9.17, 15) is 14.4 Å². The molecule has 1 aliphatic carbocycles. The minimum absolute atomic E-state index is 0.0187. The molecule has 3 N–H and O–H groups in total. The Morgan fingerprint density at radius 2 is 1.79 bits per heavy atom. The summed E-state index contributed by atoms with van der Waals surface area (Å²) in [5.41, 5.74) is 5.70. The Morgan fingerprint density at radius 3 is 2.39 bits per heavy atom. The zero-order valence-electron chi connectivity index (χ0n) is 20.0. The third-order valence-electron chi connectivity index (χ3n) is 6.49. The molecule has 3 rings (SSSR count). The number of carbonyl (C=O) groups excluding carboxylic acids is 3. The molecule has 1 saturated heterocycles. The molecule has 1 saturated carbocycles. The number of nitrogens with one attached hydrogen (secondary N) is 1. The van der Waals surface area contributed by atoms with Gasteiger partial charge < -0.3 is 20.5 Å². The monoisotopic (exact) mass is 459 g/mol. The summed E-state index contributed by atoms with van der Waals surface area (Å²) >= 11 is 0. The summed E-state index contributed by atoms with van der Waals surface area (Å²) in [6.45, 7) is 5.92. The molecule has 2 aliphatic rings. The molecule has 0 unspecified atom stereocenters. The number of carbonyl (C=O) groups is 3. The molecule has 1 aromatic carbocycles. The molecule has 8 nitrogen and oxygen atoms in total. The lowest BCUT2D eigenvalue weighted by Crippen LogP contribution is -2.51. The molecule has 0 bridgehead atoms. The molecule has 1 heterocycles. The number of alkyl carbamates (subject to hydrolysis) is 1. The highest BCUT2D eigenvalue weighted by atomic mass is 16.6. The first-order valence-electron chi connectivity index (χ1n) is 11.8. The minimum atomic E-state index is -0.685. The highest BCUT2D eigenvalue weighted by molar-refractivity contribution is 5.93. The number of hydrogen-bond acceptors (Lipinski definition) is 6. The van der Waals surface area contributed by atoms with Gasteiger partial charge in [0.2, 0.25) is 0 Å². The van der Waals surface area contributed by atoms with E-state index in [1.165, 1.54) is 4.90 Å². The number of likely N-dealkylation sites (tertiary alicyclic amines) is 1. The van der Waals surface area contributed by atoms with E-state index in [-0.39, 0.29) is 25.5 Å². The second-order valence-corrected chi connectivity index (χ2v) is 10.2. The van der Waals surface area contributed by atoms with E-state index in [0.29, 0.717) is 6.42 Å². The van der Waals surface area contributed by atoms with Crippen LogP contribution < -0.4 is 11.1 Å². The largest absolute Gasteiger partial charge is 0.445 e. The zero-order chi connectivity index (χ0) is 24.1. The molecule has 1 aromatic rings. The van der Waals surface area contributed by atoms with Crippen molar-refractivity contribution in [1.29, 1.82) is 0 Å². The molecule has 2 fully saturated rings. The molecule has 0 radical (unpaired) electrons. The van der Waals surface area contributed by atoms with Crippen LogP contribution in [-0.2, 0) is 20.9 Å². The maximum atomic E-state index is 13.7. The maximum Gasteiger partial charge on any atom is 0.410 e. The predicted octanol–water partition coefficient (Wildman–Crippen LogP) is 3.77. The van der Waals surface area contributed by atoms with E-state index in [1.54, 1.807) is 20.8 Å². The van der Waals surface area contributed by atoms with E-state index in [4.69, 9.17) is 15.2 Å². The Labute approximate surface area is 196 Å². The van der Waals surface area contributed by atoms with Crippen LogP contribution in [0, 0.1) is 5.41 Å². The first kappa shape index (κ1) is 25.0. The lowest BCUT2D eigenvalue weighted by atomic mass is 9.69. The molecule has 33 heavy (non-hydrogen) atoms. The van der Waals surface area contributed by atoms with E-state index < -0.39 is 35.3 Å². The lowest BCUT2D eigenvalue weighted by molar-refractivity contribution is -0.134. The second kappa shape index (κ2) is 10.5. The average Bonchev–Trinajstić information content (AvgIpc) is 3.20. The maximum absolute atomic E-state index is 13.7. The molecule has 0 aromatic heterocycles. The fourth-order valence-corrected chi connectivity index (χ4v) is 4.80. The standard InChI is InChI=1S/C25H37N3O5/c1-24(2,3)33-22(30)27-19-14-20(21(29)25(17-26)12-8-5-9-13-25)28(15-19)23(31)32-16-18-10-6-4-7-11-18/h4,6-7,10-11,19-20H,5,8-9,12-17,26H2,1-3H3,(H,27,30)/t19-,20+/m1/s1. The second-order valence-electron chi connectivity index (χ2n) is 10.2. The van der Waals surface area contributed by atoms with E-state index in [0.717, 1.165) is 37.7 Å². The minimum Gasteiger partial charge on any atom is -0.445 e. The number of Topliss-reactive ketones (excluding diaryl/α,β-unsaturated/α-hetero) is 1. The third-order valence-corrected chi connectivity index (χ3v) is 6.49. The van der Waals surface area contributed by atoms with Crippen LogP contribution in [0.4, 0.5) is 9.59 Å². The molecule has 182 valence electrons. The third kappa shape index (κ3) is 6.47. The number of rotatable bonds is 6. The van der Waals surface area contributed by atoms with Crippen LogP contribution in [0.5, 0.6) is 0 Å². The number of nitrogens with zero attached hydrogens (tertiary/aromatic N) is 1. The fourth-order valence-electron chi connectivity index (χ4n) is 4.80. The van der Waals surface area contributed by atoms with Gasteiger partial charge in [0, 0.05) is 18.5 Å². The van der Waals surface area contributed by atoms with Crippen molar-refractivity contribution in [3.05, 3.63) is 35.9 Å². The summed E-state index contributed by atoms with van der Waals surface area (Å²) in [6, 6.07) is 8.30.